The standard InChI is InChI=1S/C21H20F3N5O3S/c1-28(11-16(30)25-15-8-7-14(22)18(23)19(15)24)17(31)9-10-29-20(26-27-21(29)33)12-3-5-13(32-2)6-4-12/h3-8H,9-11H2,1-2H3,(H,25,30)(H,27,33). The number of rotatable bonds is 8. The van der Waals surface area contributed by atoms with E-state index in [1.165, 1.54) is 7.05 Å². The summed E-state index contributed by atoms with van der Waals surface area (Å²) in [6.45, 7) is -0.224. The van der Waals surface area contributed by atoms with E-state index in [1.807, 2.05) is 0 Å². The van der Waals surface area contributed by atoms with Crippen LogP contribution in [0.5, 0.6) is 5.75 Å². The lowest BCUT2D eigenvalue weighted by atomic mass is 10.2. The highest BCUT2D eigenvalue weighted by Gasteiger charge is 2.18. The molecule has 0 saturated heterocycles. The fraction of sp³-hybridized carbons (Fsp3) is 0.238. The molecule has 3 aromatic rings. The second-order valence-corrected chi connectivity index (χ2v) is 7.39. The number of methoxy groups -OCH3 is 1. The van der Waals surface area contributed by atoms with Crippen LogP contribution in [0.2, 0.25) is 0 Å². The van der Waals surface area contributed by atoms with Gasteiger partial charge in [0.15, 0.2) is 28.0 Å². The van der Waals surface area contributed by atoms with Crippen LogP contribution in [0.1, 0.15) is 6.42 Å². The van der Waals surface area contributed by atoms with Gasteiger partial charge in [0, 0.05) is 25.6 Å². The molecule has 1 aromatic heterocycles. The average Bonchev–Trinajstić information content (AvgIpc) is 3.18. The maximum absolute atomic E-state index is 13.7. The number of aromatic amines is 1. The first-order valence-corrected chi connectivity index (χ1v) is 10.1. The molecule has 0 aliphatic heterocycles. The zero-order valence-electron chi connectivity index (χ0n) is 17.7. The molecular formula is C21H20F3N5O3S. The molecule has 3 rings (SSSR count). The summed E-state index contributed by atoms with van der Waals surface area (Å²) in [5.74, 6) is -4.53. The molecule has 8 nitrogen and oxygen atoms in total. The van der Waals surface area contributed by atoms with Gasteiger partial charge in [0.05, 0.1) is 19.3 Å². The summed E-state index contributed by atoms with van der Waals surface area (Å²) in [6, 6.07) is 8.73. The van der Waals surface area contributed by atoms with Crippen LogP contribution in [0.3, 0.4) is 0 Å². The van der Waals surface area contributed by atoms with Crippen molar-refractivity contribution >= 4 is 29.7 Å². The lowest BCUT2D eigenvalue weighted by molar-refractivity contribution is -0.133. The average molecular weight is 479 g/mol. The number of benzene rings is 2. The minimum absolute atomic E-state index is 0.000310. The Hall–Kier alpha value is -3.67. The maximum Gasteiger partial charge on any atom is 0.244 e. The second-order valence-electron chi connectivity index (χ2n) is 7.00. The van der Waals surface area contributed by atoms with Crippen molar-refractivity contribution in [1.29, 1.82) is 0 Å². The van der Waals surface area contributed by atoms with Crippen molar-refractivity contribution in [3.8, 4) is 17.1 Å². The van der Waals surface area contributed by atoms with Crippen molar-refractivity contribution in [2.45, 2.75) is 13.0 Å². The number of hydrogen-bond donors (Lipinski definition) is 2. The first kappa shape index (κ1) is 24.0. The van der Waals surface area contributed by atoms with Gasteiger partial charge in [0.1, 0.15) is 5.75 Å². The number of nitrogens with zero attached hydrogens (tertiary/aromatic N) is 3. The van der Waals surface area contributed by atoms with Gasteiger partial charge in [-0.2, -0.15) is 5.10 Å². The quantitative estimate of drug-likeness (QED) is 0.381. The van der Waals surface area contributed by atoms with E-state index in [0.717, 1.165) is 16.5 Å². The predicted octanol–water partition coefficient (Wildman–Crippen LogP) is 3.52. The van der Waals surface area contributed by atoms with Crippen molar-refractivity contribution in [3.63, 3.8) is 0 Å². The van der Waals surface area contributed by atoms with Crippen LogP contribution in [-0.4, -0.2) is 52.2 Å². The molecule has 1 heterocycles. The van der Waals surface area contributed by atoms with Gasteiger partial charge in [0.25, 0.3) is 0 Å². The molecular weight excluding hydrogens is 459 g/mol. The van der Waals surface area contributed by atoms with E-state index in [1.54, 1.807) is 35.9 Å². The predicted molar refractivity (Wildman–Crippen MR) is 117 cm³/mol. The minimum atomic E-state index is -1.69. The first-order chi connectivity index (χ1) is 15.7. The molecule has 0 saturated carbocycles. The highest BCUT2D eigenvalue weighted by atomic mass is 32.1. The summed E-state index contributed by atoms with van der Waals surface area (Å²) < 4.78 is 47.1. The van der Waals surface area contributed by atoms with Crippen molar-refractivity contribution in [3.05, 3.63) is 58.6 Å². The highest BCUT2D eigenvalue weighted by molar-refractivity contribution is 7.71. The molecule has 0 spiro atoms. The third-order valence-electron chi connectivity index (χ3n) is 4.77. The fourth-order valence-electron chi connectivity index (χ4n) is 3.00. The van der Waals surface area contributed by atoms with E-state index < -0.39 is 35.6 Å². The number of hydrogen-bond acceptors (Lipinski definition) is 5. The van der Waals surface area contributed by atoms with E-state index in [-0.39, 0.29) is 18.9 Å². The third-order valence-corrected chi connectivity index (χ3v) is 5.08. The summed E-state index contributed by atoms with van der Waals surface area (Å²) >= 11 is 5.25. The van der Waals surface area contributed by atoms with Gasteiger partial charge in [-0.05, 0) is 48.6 Å². The van der Waals surface area contributed by atoms with Crippen LogP contribution in [0.15, 0.2) is 36.4 Å². The number of amides is 2. The number of H-pyrrole nitrogens is 1. The topological polar surface area (TPSA) is 92.2 Å². The molecule has 33 heavy (non-hydrogen) atoms. The fourth-order valence-corrected chi connectivity index (χ4v) is 3.22. The Balaban J connectivity index is 1.61. The van der Waals surface area contributed by atoms with E-state index in [4.69, 9.17) is 17.0 Å². The van der Waals surface area contributed by atoms with Gasteiger partial charge in [-0.1, -0.05) is 0 Å². The number of nitrogens with one attached hydrogen (secondary N) is 2. The van der Waals surface area contributed by atoms with Gasteiger partial charge in [0.2, 0.25) is 11.8 Å². The molecule has 2 aromatic carbocycles. The van der Waals surface area contributed by atoms with Crippen LogP contribution < -0.4 is 10.1 Å². The smallest absolute Gasteiger partial charge is 0.244 e. The molecule has 0 aliphatic rings. The Morgan fingerprint density at radius 3 is 2.52 bits per heavy atom. The monoisotopic (exact) mass is 479 g/mol. The molecule has 0 unspecified atom stereocenters. The number of carbonyl (C=O) groups excluding carboxylic acids is 2. The number of anilines is 1. The van der Waals surface area contributed by atoms with Crippen molar-refractivity contribution in [1.82, 2.24) is 19.7 Å². The normalized spacial score (nSPS) is 10.7. The van der Waals surface area contributed by atoms with Crippen LogP contribution >= 0.6 is 12.2 Å². The SMILES string of the molecule is COc1ccc(-c2n[nH]c(=S)n2CCC(=O)N(C)CC(=O)Nc2ccc(F)c(F)c2F)cc1. The zero-order valence-corrected chi connectivity index (χ0v) is 18.5. The molecule has 2 N–H and O–H groups in total. The molecule has 12 heteroatoms. The van der Waals surface area contributed by atoms with Gasteiger partial charge < -0.3 is 15.0 Å². The highest BCUT2D eigenvalue weighted by Crippen LogP contribution is 2.22. The summed E-state index contributed by atoms with van der Waals surface area (Å²) in [5, 5.41) is 9.02. The molecule has 174 valence electrons. The molecule has 0 aliphatic carbocycles. The number of carbonyl (C=O) groups is 2. The van der Waals surface area contributed by atoms with E-state index in [2.05, 4.69) is 15.5 Å². The Labute approximate surface area is 192 Å². The third kappa shape index (κ3) is 5.58. The minimum Gasteiger partial charge on any atom is -0.497 e. The number of ether oxygens (including phenoxy) is 1. The molecule has 0 fully saturated rings. The maximum atomic E-state index is 13.7. The summed E-state index contributed by atoms with van der Waals surface area (Å²) in [5.41, 5.74) is 0.241. The Morgan fingerprint density at radius 2 is 1.85 bits per heavy atom. The summed E-state index contributed by atoms with van der Waals surface area (Å²) in [7, 11) is 2.95. The van der Waals surface area contributed by atoms with Crippen LogP contribution in [0, 0.1) is 22.2 Å². The lowest BCUT2D eigenvalue weighted by Gasteiger charge is -2.17. The number of aromatic nitrogens is 3. The molecule has 0 radical (unpaired) electrons. The Kier molecular flexibility index (Phi) is 7.48. The van der Waals surface area contributed by atoms with Crippen LogP contribution in [0.4, 0.5) is 18.9 Å². The zero-order chi connectivity index (χ0) is 24.1. The van der Waals surface area contributed by atoms with Crippen molar-refractivity contribution in [2.75, 3.05) is 26.0 Å². The molecule has 0 atom stereocenters. The Bertz CT molecular complexity index is 1230. The Morgan fingerprint density at radius 1 is 1.15 bits per heavy atom. The van der Waals surface area contributed by atoms with Gasteiger partial charge >= 0.3 is 0 Å². The lowest BCUT2D eigenvalue weighted by Crippen LogP contribution is -2.35. The first-order valence-electron chi connectivity index (χ1n) is 9.68. The number of halogens is 3. The number of likely N-dealkylation sites (N-methyl/N-ethyl adjacent to an activating group) is 1. The van der Waals surface area contributed by atoms with E-state index in [0.29, 0.717) is 22.4 Å². The van der Waals surface area contributed by atoms with Crippen molar-refractivity contribution < 1.29 is 27.5 Å². The van der Waals surface area contributed by atoms with Gasteiger partial charge in [-0.25, -0.2) is 13.2 Å². The molecule has 2 amide bonds. The largest absolute Gasteiger partial charge is 0.497 e. The summed E-state index contributed by atoms with van der Waals surface area (Å²) in [4.78, 5) is 25.8. The van der Waals surface area contributed by atoms with Gasteiger partial charge in [-0.3, -0.25) is 19.3 Å². The second kappa shape index (κ2) is 10.3. The van der Waals surface area contributed by atoms with E-state index >= 15 is 0 Å². The van der Waals surface area contributed by atoms with E-state index in [9.17, 15) is 22.8 Å². The van der Waals surface area contributed by atoms with Crippen LogP contribution in [0.25, 0.3) is 11.4 Å². The van der Waals surface area contributed by atoms with Crippen molar-refractivity contribution in [2.24, 2.45) is 0 Å². The van der Waals surface area contributed by atoms with Gasteiger partial charge in [-0.15, -0.1) is 0 Å². The van der Waals surface area contributed by atoms with Crippen LogP contribution in [-0.2, 0) is 16.1 Å². The molecule has 0 bridgehead atoms. The summed E-state index contributed by atoms with van der Waals surface area (Å²) in [6.07, 6.45) is 0.000310.